The van der Waals surface area contributed by atoms with Crippen LogP contribution in [0, 0.1) is 0 Å². The van der Waals surface area contributed by atoms with E-state index < -0.39 is 32.5 Å². The molecule has 0 fully saturated rings. The molecular weight excluding hydrogens is 251 g/mol. The van der Waals surface area contributed by atoms with Gasteiger partial charge in [-0.2, -0.15) is 0 Å². The molecule has 0 aliphatic rings. The second-order valence-electron chi connectivity index (χ2n) is 2.16. The average molecular weight is 259 g/mol. The van der Waals surface area contributed by atoms with Gasteiger partial charge in [0.15, 0.2) is 6.10 Å². The van der Waals surface area contributed by atoms with Gasteiger partial charge in [-0.15, -0.1) is 0 Å². The fraction of sp³-hybridized carbons (Fsp3) is 0.750. The average Bonchev–Trinajstić information content (AvgIpc) is 1.97. The first-order valence-electron chi connectivity index (χ1n) is 3.06. The molecule has 0 aliphatic carbocycles. The first kappa shape index (κ1) is 21.8. The van der Waals surface area contributed by atoms with Crippen LogP contribution in [0.25, 0.3) is 0 Å². The van der Waals surface area contributed by atoms with Crippen LogP contribution < -0.4 is 74.6 Å². The summed E-state index contributed by atoms with van der Waals surface area (Å²) in [4.78, 5) is 29.9. The Morgan fingerprint density at radius 2 is 1.80 bits per heavy atom. The Bertz CT molecular complexity index is 233. The maximum atomic E-state index is 10.2. The number of nitrogens with two attached hydrogens (primary N) is 1. The van der Waals surface area contributed by atoms with Crippen molar-refractivity contribution in [2.75, 3.05) is 6.61 Å². The minimum Gasteiger partial charge on any atom is -0.790 e. The van der Waals surface area contributed by atoms with Crippen molar-refractivity contribution in [3.63, 3.8) is 0 Å². The van der Waals surface area contributed by atoms with Crippen molar-refractivity contribution in [3.05, 3.63) is 0 Å². The first-order valence-corrected chi connectivity index (χ1v) is 4.52. The number of carbonyl (C=O) groups is 1. The van der Waals surface area contributed by atoms with Crippen LogP contribution in [-0.2, 0) is 13.9 Å². The molecule has 0 unspecified atom stereocenters. The molecule has 0 heterocycles. The van der Waals surface area contributed by atoms with Crippen LogP contribution in [0.4, 0.5) is 0 Å². The van der Waals surface area contributed by atoms with Gasteiger partial charge in [0.05, 0.1) is 14.4 Å². The largest absolute Gasteiger partial charge is 1.00 e. The quantitative estimate of drug-likeness (QED) is 0.327. The number of phosphoric acid groups is 1. The summed E-state index contributed by atoms with van der Waals surface area (Å²) < 4.78 is 13.5. The molecule has 0 aromatic carbocycles. The summed E-state index contributed by atoms with van der Waals surface area (Å²) in [6.07, 6.45) is -3.81. The number of carbonyl (C=O) groups excluding carboxylic acids is 1. The normalized spacial score (nSPS) is 14.4. The second-order valence-corrected chi connectivity index (χ2v) is 3.31. The molecule has 0 saturated heterocycles. The standard InChI is InChI=1S/C4H10NO7P.2Na/c5-4(8)3(7)2(6)1-12-13(9,10)11;;/h2-3,6-7H,1H2,(H2,5,8)(H2,9,10,11);;/q;2*+1/p-2/t2-,3+;;/m1../s1. The summed E-state index contributed by atoms with van der Waals surface area (Å²) in [5, 5.41) is 17.5. The van der Waals surface area contributed by atoms with E-state index in [1.807, 2.05) is 0 Å². The monoisotopic (exact) mass is 259 g/mol. The molecule has 1 amide bonds. The zero-order valence-electron chi connectivity index (χ0n) is 8.32. The number of amides is 1. The third-order valence-corrected chi connectivity index (χ3v) is 1.52. The molecule has 0 bridgehead atoms. The van der Waals surface area contributed by atoms with Crippen molar-refractivity contribution in [2.24, 2.45) is 5.73 Å². The zero-order chi connectivity index (χ0) is 10.6. The Balaban J connectivity index is -0.000000720. The van der Waals surface area contributed by atoms with E-state index >= 15 is 0 Å². The summed E-state index contributed by atoms with van der Waals surface area (Å²) in [5.41, 5.74) is 4.55. The van der Waals surface area contributed by atoms with Gasteiger partial charge in [-0.3, -0.25) is 4.79 Å². The molecule has 4 N–H and O–H groups in total. The number of phosphoric ester groups is 1. The van der Waals surface area contributed by atoms with E-state index in [0.29, 0.717) is 0 Å². The van der Waals surface area contributed by atoms with E-state index in [0.717, 1.165) is 0 Å². The van der Waals surface area contributed by atoms with Gasteiger partial charge >= 0.3 is 59.1 Å². The third kappa shape index (κ3) is 11.8. The zero-order valence-corrected chi connectivity index (χ0v) is 13.2. The molecule has 11 heteroatoms. The summed E-state index contributed by atoms with van der Waals surface area (Å²) >= 11 is 0. The van der Waals surface area contributed by atoms with Gasteiger partial charge in [0.2, 0.25) is 5.91 Å². The SMILES string of the molecule is NC(=O)[C@@H](O)[C@H](O)COP(=O)([O-])[O-].[Na+].[Na+]. The molecule has 0 radical (unpaired) electrons. The van der Waals surface area contributed by atoms with Gasteiger partial charge in [-0.25, -0.2) is 0 Å². The minimum atomic E-state index is -5.21. The third-order valence-electron chi connectivity index (χ3n) is 1.06. The van der Waals surface area contributed by atoms with E-state index in [9.17, 15) is 19.1 Å². The Hall–Kier alpha value is 1.50. The predicted octanol–water partition coefficient (Wildman–Crippen LogP) is -9.95. The molecule has 2 atom stereocenters. The summed E-state index contributed by atoms with van der Waals surface area (Å²) in [5.74, 6) is -1.25. The van der Waals surface area contributed by atoms with Crippen LogP contribution in [0.15, 0.2) is 0 Å². The van der Waals surface area contributed by atoms with E-state index in [4.69, 9.17) is 10.2 Å². The van der Waals surface area contributed by atoms with Crippen molar-refractivity contribution in [1.29, 1.82) is 0 Å². The molecule has 0 aliphatic heterocycles. The Morgan fingerprint density at radius 3 is 2.07 bits per heavy atom. The maximum absolute atomic E-state index is 10.2. The van der Waals surface area contributed by atoms with Crippen LogP contribution in [0.3, 0.4) is 0 Å². The fourth-order valence-corrected chi connectivity index (χ4v) is 0.784. The van der Waals surface area contributed by atoms with Crippen molar-refractivity contribution in [2.45, 2.75) is 12.2 Å². The summed E-state index contributed by atoms with van der Waals surface area (Å²) in [6, 6.07) is 0. The molecular formula is C4H8NNa2O7P. The number of primary amides is 1. The Morgan fingerprint density at radius 1 is 1.40 bits per heavy atom. The fourth-order valence-electron chi connectivity index (χ4n) is 0.448. The van der Waals surface area contributed by atoms with Crippen molar-refractivity contribution >= 4 is 13.7 Å². The molecule has 0 aromatic rings. The van der Waals surface area contributed by atoms with E-state index in [-0.39, 0.29) is 59.1 Å². The van der Waals surface area contributed by atoms with Gasteiger partial charge in [0.25, 0.3) is 0 Å². The van der Waals surface area contributed by atoms with Gasteiger partial charge in [0, 0.05) is 0 Å². The van der Waals surface area contributed by atoms with Crippen molar-refractivity contribution < 1.29 is 93.0 Å². The van der Waals surface area contributed by atoms with E-state index in [2.05, 4.69) is 10.3 Å². The number of aliphatic hydroxyl groups excluding tert-OH is 2. The second kappa shape index (κ2) is 9.52. The molecule has 15 heavy (non-hydrogen) atoms. The molecule has 0 spiro atoms. The molecule has 78 valence electrons. The molecule has 0 rings (SSSR count). The number of hydrogen-bond donors (Lipinski definition) is 3. The predicted molar refractivity (Wildman–Crippen MR) is 34.8 cm³/mol. The van der Waals surface area contributed by atoms with Gasteiger partial charge < -0.3 is 34.8 Å². The number of rotatable bonds is 5. The number of aliphatic hydroxyl groups is 2. The molecule has 0 saturated carbocycles. The Labute approximate surface area is 130 Å². The molecule has 0 aromatic heterocycles. The number of hydrogen-bond acceptors (Lipinski definition) is 7. The van der Waals surface area contributed by atoms with Gasteiger partial charge in [-0.05, 0) is 0 Å². The summed E-state index contributed by atoms with van der Waals surface area (Å²) in [7, 11) is -5.21. The summed E-state index contributed by atoms with van der Waals surface area (Å²) in [6.45, 7) is -1.01. The maximum Gasteiger partial charge on any atom is 1.00 e. The van der Waals surface area contributed by atoms with Crippen molar-refractivity contribution in [1.82, 2.24) is 0 Å². The topological polar surface area (TPSA) is 156 Å². The smallest absolute Gasteiger partial charge is 0.790 e. The van der Waals surface area contributed by atoms with E-state index in [1.54, 1.807) is 0 Å². The van der Waals surface area contributed by atoms with Crippen LogP contribution >= 0.6 is 7.82 Å². The van der Waals surface area contributed by atoms with Crippen molar-refractivity contribution in [3.8, 4) is 0 Å². The van der Waals surface area contributed by atoms with Crippen LogP contribution in [0.1, 0.15) is 0 Å². The Kier molecular flexibility index (Phi) is 13.8. The van der Waals surface area contributed by atoms with Crippen LogP contribution in [-0.4, -0.2) is 34.9 Å². The van der Waals surface area contributed by atoms with Crippen LogP contribution in [0.2, 0.25) is 0 Å². The first-order chi connectivity index (χ1) is 5.74. The molecule has 8 nitrogen and oxygen atoms in total. The minimum absolute atomic E-state index is 0. The van der Waals surface area contributed by atoms with Crippen LogP contribution in [0.5, 0.6) is 0 Å². The van der Waals surface area contributed by atoms with Gasteiger partial charge in [-0.1, -0.05) is 0 Å². The van der Waals surface area contributed by atoms with Gasteiger partial charge in [0.1, 0.15) is 6.10 Å². The van der Waals surface area contributed by atoms with E-state index in [1.165, 1.54) is 0 Å².